The lowest BCUT2D eigenvalue weighted by molar-refractivity contribution is 0.143. The van der Waals surface area contributed by atoms with E-state index in [4.69, 9.17) is 10.5 Å². The van der Waals surface area contributed by atoms with Gasteiger partial charge in [-0.3, -0.25) is 0 Å². The van der Waals surface area contributed by atoms with E-state index in [9.17, 15) is 13.2 Å². The third-order valence-electron chi connectivity index (χ3n) is 4.77. The summed E-state index contributed by atoms with van der Waals surface area (Å²) in [6.07, 6.45) is 2.59. The quantitative estimate of drug-likeness (QED) is 0.458. The fourth-order valence-corrected chi connectivity index (χ4v) is 3.91. The maximum absolute atomic E-state index is 12.1. The predicted molar refractivity (Wildman–Crippen MR) is 119 cm³/mol. The number of hydrogen-bond acceptors (Lipinski definition) is 8. The van der Waals surface area contributed by atoms with Gasteiger partial charge in [-0.05, 0) is 37.5 Å². The number of rotatable bonds is 9. The van der Waals surface area contributed by atoms with Gasteiger partial charge in [-0.15, -0.1) is 0 Å². The molecule has 3 rings (SSSR count). The van der Waals surface area contributed by atoms with Crippen LogP contribution in [-0.2, 0) is 27.8 Å². The number of benzene rings is 1. The maximum atomic E-state index is 12.1. The highest BCUT2D eigenvalue weighted by Gasteiger charge is 2.16. The molecule has 11 nitrogen and oxygen atoms in total. The summed E-state index contributed by atoms with van der Waals surface area (Å²) in [5.41, 5.74) is 7.91. The minimum absolute atomic E-state index is 0.198. The van der Waals surface area contributed by atoms with Gasteiger partial charge in [0, 0.05) is 27.2 Å². The number of aryl methyl sites for hydroxylation is 2. The molecule has 32 heavy (non-hydrogen) atoms. The van der Waals surface area contributed by atoms with E-state index < -0.39 is 16.1 Å². The number of imidazole rings is 1. The summed E-state index contributed by atoms with van der Waals surface area (Å²) in [6, 6.07) is 6.34. The SMILES string of the molecule is Cc1nc(N)c2ncn(CCCCOC(=O)NCc3ccc(S(=O)(=O)N(C)C)cc3)c2n1. The normalized spacial score (nSPS) is 11.8. The molecule has 0 saturated heterocycles. The Balaban J connectivity index is 1.39. The molecule has 3 N–H and O–H groups in total. The topological polar surface area (TPSA) is 145 Å². The van der Waals surface area contributed by atoms with E-state index in [0.717, 1.165) is 16.3 Å². The van der Waals surface area contributed by atoms with Gasteiger partial charge in [0.15, 0.2) is 11.5 Å². The number of nitrogen functional groups attached to an aromatic ring is 1. The van der Waals surface area contributed by atoms with Gasteiger partial charge in [0.2, 0.25) is 10.0 Å². The van der Waals surface area contributed by atoms with Crippen LogP contribution in [0.25, 0.3) is 11.2 Å². The van der Waals surface area contributed by atoms with E-state index in [1.54, 1.807) is 25.4 Å². The number of ether oxygens (including phenoxy) is 1. The molecule has 0 aliphatic heterocycles. The molecule has 3 aromatic rings. The van der Waals surface area contributed by atoms with Crippen LogP contribution in [0.1, 0.15) is 24.2 Å². The minimum Gasteiger partial charge on any atom is -0.450 e. The van der Waals surface area contributed by atoms with E-state index in [1.807, 2.05) is 4.57 Å². The van der Waals surface area contributed by atoms with E-state index >= 15 is 0 Å². The van der Waals surface area contributed by atoms with Crippen molar-refractivity contribution in [3.8, 4) is 0 Å². The number of hydrogen-bond donors (Lipinski definition) is 2. The molecule has 1 aromatic carbocycles. The molecular formula is C20H27N7O4S. The van der Waals surface area contributed by atoms with E-state index in [2.05, 4.69) is 20.3 Å². The van der Waals surface area contributed by atoms with E-state index in [0.29, 0.717) is 35.8 Å². The van der Waals surface area contributed by atoms with Crippen molar-refractivity contribution in [2.45, 2.75) is 37.8 Å². The number of amides is 1. The summed E-state index contributed by atoms with van der Waals surface area (Å²) in [5, 5.41) is 2.65. The molecule has 12 heteroatoms. The first kappa shape index (κ1) is 23.4. The van der Waals surface area contributed by atoms with Gasteiger partial charge in [-0.1, -0.05) is 12.1 Å². The molecule has 0 fully saturated rings. The highest BCUT2D eigenvalue weighted by atomic mass is 32.2. The Bertz CT molecular complexity index is 1190. The molecule has 0 saturated carbocycles. The average molecular weight is 462 g/mol. The van der Waals surface area contributed by atoms with Crippen molar-refractivity contribution in [3.63, 3.8) is 0 Å². The van der Waals surface area contributed by atoms with Gasteiger partial charge >= 0.3 is 6.09 Å². The number of sulfonamides is 1. The Hall–Kier alpha value is -3.25. The van der Waals surface area contributed by atoms with Crippen LogP contribution in [0, 0.1) is 6.92 Å². The van der Waals surface area contributed by atoms with Crippen molar-refractivity contribution in [2.24, 2.45) is 0 Å². The van der Waals surface area contributed by atoms with Crippen molar-refractivity contribution >= 4 is 33.1 Å². The van der Waals surface area contributed by atoms with Crippen molar-refractivity contribution in [1.82, 2.24) is 29.1 Å². The van der Waals surface area contributed by atoms with Gasteiger partial charge in [0.05, 0.1) is 17.8 Å². The largest absolute Gasteiger partial charge is 0.450 e. The molecule has 1 amide bonds. The van der Waals surface area contributed by atoms with Gasteiger partial charge in [-0.25, -0.2) is 32.5 Å². The summed E-state index contributed by atoms with van der Waals surface area (Å²) in [6.45, 7) is 2.95. The zero-order valence-electron chi connectivity index (χ0n) is 18.3. The van der Waals surface area contributed by atoms with Gasteiger partial charge in [0.25, 0.3) is 0 Å². The second-order valence-corrected chi connectivity index (χ2v) is 9.55. The second-order valence-electron chi connectivity index (χ2n) is 7.39. The number of anilines is 1. The van der Waals surface area contributed by atoms with E-state index in [1.165, 1.54) is 26.2 Å². The molecular weight excluding hydrogens is 434 g/mol. The standard InChI is InChI=1S/C20H27N7O4S/c1-14-24-18(21)17-19(25-14)27(13-23-17)10-4-5-11-31-20(28)22-12-15-6-8-16(9-7-15)32(29,30)26(2)3/h6-9,13H,4-5,10-12H2,1-3H3,(H,22,28)(H2,21,24,25). The minimum atomic E-state index is -3.47. The number of aromatic nitrogens is 4. The summed E-state index contributed by atoms with van der Waals surface area (Å²) in [4.78, 5) is 24.8. The average Bonchev–Trinajstić information content (AvgIpc) is 3.15. The summed E-state index contributed by atoms with van der Waals surface area (Å²) in [7, 11) is -0.521. The second kappa shape index (κ2) is 9.92. The fraction of sp³-hybridized carbons (Fsp3) is 0.400. The van der Waals surface area contributed by atoms with Crippen molar-refractivity contribution < 1.29 is 17.9 Å². The van der Waals surface area contributed by atoms with Gasteiger partial charge < -0.3 is 20.4 Å². The number of fused-ring (bicyclic) bond motifs is 1. The zero-order valence-corrected chi connectivity index (χ0v) is 19.1. The highest BCUT2D eigenvalue weighted by Crippen LogP contribution is 2.16. The summed E-state index contributed by atoms with van der Waals surface area (Å²) < 4.78 is 32.4. The molecule has 0 aliphatic carbocycles. The van der Waals surface area contributed by atoms with Gasteiger partial charge in [-0.2, -0.15) is 0 Å². The Morgan fingerprint density at radius 2 is 1.91 bits per heavy atom. The van der Waals surface area contributed by atoms with Crippen molar-refractivity contribution in [2.75, 3.05) is 26.4 Å². The number of nitrogens with zero attached hydrogens (tertiary/aromatic N) is 5. The first-order valence-electron chi connectivity index (χ1n) is 10.1. The molecule has 0 atom stereocenters. The van der Waals surface area contributed by atoms with Crippen LogP contribution in [0.3, 0.4) is 0 Å². The Kier molecular flexibility index (Phi) is 7.26. The van der Waals surface area contributed by atoms with Crippen molar-refractivity contribution in [1.29, 1.82) is 0 Å². The third-order valence-corrected chi connectivity index (χ3v) is 6.60. The van der Waals surface area contributed by atoms with E-state index in [-0.39, 0.29) is 18.0 Å². The number of nitrogens with two attached hydrogens (primary N) is 1. The van der Waals surface area contributed by atoms with Crippen LogP contribution < -0.4 is 11.1 Å². The maximum Gasteiger partial charge on any atom is 0.407 e. The molecule has 0 unspecified atom stereocenters. The fourth-order valence-electron chi connectivity index (χ4n) is 3.01. The lowest BCUT2D eigenvalue weighted by Gasteiger charge is -2.12. The summed E-state index contributed by atoms with van der Waals surface area (Å²) in [5.74, 6) is 0.950. The Labute approximate surface area is 186 Å². The number of unbranched alkanes of at least 4 members (excludes halogenated alkanes) is 1. The van der Waals surface area contributed by atoms with Crippen LogP contribution in [0.2, 0.25) is 0 Å². The first-order chi connectivity index (χ1) is 15.2. The van der Waals surface area contributed by atoms with Crippen LogP contribution >= 0.6 is 0 Å². The Morgan fingerprint density at radius 3 is 2.59 bits per heavy atom. The number of alkyl carbamates (subject to hydrolysis) is 1. The number of carbonyl (C=O) groups is 1. The lowest BCUT2D eigenvalue weighted by Crippen LogP contribution is -2.24. The molecule has 172 valence electrons. The molecule has 0 bridgehead atoms. The van der Waals surface area contributed by atoms with Crippen molar-refractivity contribution in [3.05, 3.63) is 42.0 Å². The zero-order chi connectivity index (χ0) is 23.3. The number of nitrogens with one attached hydrogen (secondary N) is 1. The Morgan fingerprint density at radius 1 is 1.19 bits per heavy atom. The smallest absolute Gasteiger partial charge is 0.407 e. The predicted octanol–water partition coefficient (Wildman–Crippen LogP) is 1.67. The van der Waals surface area contributed by atoms with Crippen LogP contribution in [0.5, 0.6) is 0 Å². The third kappa shape index (κ3) is 5.51. The molecule has 0 radical (unpaired) electrons. The molecule has 2 heterocycles. The molecule has 0 spiro atoms. The number of carbonyl (C=O) groups excluding carboxylic acids is 1. The highest BCUT2D eigenvalue weighted by molar-refractivity contribution is 7.89. The van der Waals surface area contributed by atoms with Gasteiger partial charge in [0.1, 0.15) is 11.3 Å². The van der Waals surface area contributed by atoms with Crippen LogP contribution in [-0.4, -0.2) is 59.0 Å². The van der Waals surface area contributed by atoms with Crippen LogP contribution in [0.15, 0.2) is 35.5 Å². The molecule has 2 aromatic heterocycles. The monoisotopic (exact) mass is 461 g/mol. The van der Waals surface area contributed by atoms with Crippen LogP contribution in [0.4, 0.5) is 10.6 Å². The first-order valence-corrected chi connectivity index (χ1v) is 11.5. The lowest BCUT2D eigenvalue weighted by atomic mass is 10.2. The summed E-state index contributed by atoms with van der Waals surface area (Å²) >= 11 is 0. The molecule has 0 aliphatic rings.